The lowest BCUT2D eigenvalue weighted by Crippen LogP contribution is -2.28. The maximum atomic E-state index is 14.0. The molecule has 0 radical (unpaired) electrons. The molecule has 2 aromatic rings. The van der Waals surface area contributed by atoms with Crippen LogP contribution in [0.5, 0.6) is 5.75 Å². The molecule has 0 bridgehead atoms. The van der Waals surface area contributed by atoms with E-state index >= 15 is 0 Å². The zero-order chi connectivity index (χ0) is 19.0. The molecule has 0 aliphatic heterocycles. The first kappa shape index (κ1) is 18.4. The highest BCUT2D eigenvalue weighted by atomic mass is 32.2. The van der Waals surface area contributed by atoms with Crippen LogP contribution in [0.1, 0.15) is 55.8 Å². The van der Waals surface area contributed by atoms with Gasteiger partial charge in [0, 0.05) is 24.1 Å². The minimum atomic E-state index is -3.79. The van der Waals surface area contributed by atoms with E-state index in [1.807, 2.05) is 4.68 Å². The van der Waals surface area contributed by atoms with Crippen molar-refractivity contribution in [3.8, 4) is 5.75 Å². The van der Waals surface area contributed by atoms with E-state index in [-0.39, 0.29) is 17.2 Å². The van der Waals surface area contributed by atoms with Gasteiger partial charge in [0.05, 0.1) is 23.7 Å². The van der Waals surface area contributed by atoms with Gasteiger partial charge >= 0.3 is 0 Å². The summed E-state index contributed by atoms with van der Waals surface area (Å²) in [7, 11) is -3.79. The summed E-state index contributed by atoms with van der Waals surface area (Å²) in [6, 6.07) is 5.87. The molecule has 1 heterocycles. The average Bonchev–Trinajstić information content (AvgIpc) is 3.55. The number of ether oxygens (including phenoxy) is 1. The summed E-state index contributed by atoms with van der Waals surface area (Å²) in [5, 5.41) is 4.68. The van der Waals surface area contributed by atoms with Gasteiger partial charge in [-0.25, -0.2) is 17.5 Å². The van der Waals surface area contributed by atoms with Crippen molar-refractivity contribution in [2.45, 2.75) is 55.9 Å². The SMILES string of the molecule is CCOc1ccc(S(=O)(=O)NCCn2nc(C3CC3)cc2C2CC2)cc1F. The summed E-state index contributed by atoms with van der Waals surface area (Å²) >= 11 is 0. The van der Waals surface area contributed by atoms with Gasteiger partial charge in [0.1, 0.15) is 0 Å². The molecule has 2 aliphatic rings. The highest BCUT2D eigenvalue weighted by molar-refractivity contribution is 7.89. The van der Waals surface area contributed by atoms with Crippen LogP contribution in [-0.4, -0.2) is 31.3 Å². The molecule has 0 unspecified atom stereocenters. The molecule has 2 saturated carbocycles. The Hall–Kier alpha value is -1.93. The second-order valence-corrected chi connectivity index (χ2v) is 8.96. The Kier molecular flexibility index (Phi) is 4.94. The number of nitrogens with zero attached hydrogens (tertiary/aromatic N) is 2. The third kappa shape index (κ3) is 4.16. The molecule has 0 saturated heterocycles. The fourth-order valence-corrected chi connectivity index (χ4v) is 4.24. The number of nitrogens with one attached hydrogen (secondary N) is 1. The summed E-state index contributed by atoms with van der Waals surface area (Å²) in [6.45, 7) is 2.74. The van der Waals surface area contributed by atoms with Crippen molar-refractivity contribution in [3.05, 3.63) is 41.5 Å². The lowest BCUT2D eigenvalue weighted by Gasteiger charge is -2.10. The van der Waals surface area contributed by atoms with Crippen LogP contribution in [0.3, 0.4) is 0 Å². The van der Waals surface area contributed by atoms with Gasteiger partial charge in [-0.1, -0.05) is 0 Å². The third-order valence-electron chi connectivity index (χ3n) is 4.95. The Morgan fingerprint density at radius 1 is 1.22 bits per heavy atom. The van der Waals surface area contributed by atoms with Gasteiger partial charge in [-0.3, -0.25) is 4.68 Å². The highest BCUT2D eigenvalue weighted by Gasteiger charge is 2.32. The first-order chi connectivity index (χ1) is 13.0. The minimum absolute atomic E-state index is 0.0506. The van der Waals surface area contributed by atoms with E-state index in [2.05, 4.69) is 15.9 Å². The van der Waals surface area contributed by atoms with Crippen LogP contribution in [0.25, 0.3) is 0 Å². The van der Waals surface area contributed by atoms with E-state index < -0.39 is 15.8 Å². The van der Waals surface area contributed by atoms with Crippen molar-refractivity contribution in [3.63, 3.8) is 0 Å². The molecule has 0 spiro atoms. The highest BCUT2D eigenvalue weighted by Crippen LogP contribution is 2.44. The molecule has 2 fully saturated rings. The van der Waals surface area contributed by atoms with Gasteiger partial charge in [0.25, 0.3) is 0 Å². The fourth-order valence-electron chi connectivity index (χ4n) is 3.21. The van der Waals surface area contributed by atoms with Crippen LogP contribution in [0.15, 0.2) is 29.2 Å². The first-order valence-corrected chi connectivity index (χ1v) is 11.0. The summed E-state index contributed by atoms with van der Waals surface area (Å²) in [5.74, 6) is 0.501. The summed E-state index contributed by atoms with van der Waals surface area (Å²) < 4.78 is 48.5. The Morgan fingerprint density at radius 3 is 2.59 bits per heavy atom. The van der Waals surface area contributed by atoms with Gasteiger partial charge < -0.3 is 4.74 Å². The van der Waals surface area contributed by atoms with Crippen LogP contribution >= 0.6 is 0 Å². The smallest absolute Gasteiger partial charge is 0.240 e. The second-order valence-electron chi connectivity index (χ2n) is 7.19. The maximum absolute atomic E-state index is 14.0. The second kappa shape index (κ2) is 7.24. The summed E-state index contributed by atoms with van der Waals surface area (Å²) in [4.78, 5) is -0.106. The number of sulfonamides is 1. The van der Waals surface area contributed by atoms with Crippen molar-refractivity contribution in [2.24, 2.45) is 0 Å². The van der Waals surface area contributed by atoms with Gasteiger partial charge in [-0.05, 0) is 56.9 Å². The van der Waals surface area contributed by atoms with Gasteiger partial charge in [-0.15, -0.1) is 0 Å². The summed E-state index contributed by atoms with van der Waals surface area (Å²) in [5.41, 5.74) is 2.34. The molecule has 6 nitrogen and oxygen atoms in total. The molecule has 1 aromatic heterocycles. The molecule has 8 heteroatoms. The van der Waals surface area contributed by atoms with Crippen LogP contribution in [0.4, 0.5) is 4.39 Å². The van der Waals surface area contributed by atoms with Crippen molar-refractivity contribution in [1.82, 2.24) is 14.5 Å². The Bertz CT molecular complexity index is 934. The van der Waals surface area contributed by atoms with Crippen molar-refractivity contribution in [1.29, 1.82) is 0 Å². The van der Waals surface area contributed by atoms with Gasteiger partial charge in [0.2, 0.25) is 10.0 Å². The molecular formula is C19H24FN3O3S. The van der Waals surface area contributed by atoms with Crippen molar-refractivity contribution >= 4 is 10.0 Å². The van der Waals surface area contributed by atoms with Crippen LogP contribution in [0, 0.1) is 5.82 Å². The molecule has 2 aliphatic carbocycles. The standard InChI is InChI=1S/C19H24FN3O3S/c1-2-26-19-8-7-15(11-16(19)20)27(24,25)21-9-10-23-18(14-5-6-14)12-17(22-23)13-3-4-13/h7-8,11-14,21H,2-6,9-10H2,1H3. The quantitative estimate of drug-likeness (QED) is 0.710. The molecule has 27 heavy (non-hydrogen) atoms. The van der Waals surface area contributed by atoms with Gasteiger partial charge in [0.15, 0.2) is 11.6 Å². The van der Waals surface area contributed by atoms with E-state index in [4.69, 9.17) is 4.74 Å². The normalized spacial score (nSPS) is 17.3. The topological polar surface area (TPSA) is 73.2 Å². The number of hydrogen-bond acceptors (Lipinski definition) is 4. The van der Waals surface area contributed by atoms with Crippen LogP contribution < -0.4 is 9.46 Å². The molecule has 0 amide bonds. The fraction of sp³-hybridized carbons (Fsp3) is 0.526. The molecule has 0 atom stereocenters. The number of benzene rings is 1. The molecular weight excluding hydrogens is 369 g/mol. The van der Waals surface area contributed by atoms with E-state index in [0.29, 0.717) is 25.0 Å². The van der Waals surface area contributed by atoms with Crippen LogP contribution in [-0.2, 0) is 16.6 Å². The average molecular weight is 393 g/mol. The summed E-state index contributed by atoms with van der Waals surface area (Å²) in [6.07, 6.45) is 4.73. The predicted molar refractivity (Wildman–Crippen MR) is 98.9 cm³/mol. The largest absolute Gasteiger partial charge is 0.491 e. The number of aromatic nitrogens is 2. The lowest BCUT2D eigenvalue weighted by molar-refractivity contribution is 0.321. The third-order valence-corrected chi connectivity index (χ3v) is 6.41. The van der Waals surface area contributed by atoms with Crippen LogP contribution in [0.2, 0.25) is 0 Å². The van der Waals surface area contributed by atoms with Gasteiger partial charge in [-0.2, -0.15) is 5.10 Å². The van der Waals surface area contributed by atoms with E-state index in [1.54, 1.807) is 6.92 Å². The molecule has 4 rings (SSSR count). The molecule has 146 valence electrons. The number of rotatable bonds is 9. The molecule has 1 N–H and O–H groups in total. The lowest BCUT2D eigenvalue weighted by atomic mass is 10.2. The minimum Gasteiger partial charge on any atom is -0.491 e. The Labute approximate surface area is 158 Å². The maximum Gasteiger partial charge on any atom is 0.240 e. The monoisotopic (exact) mass is 393 g/mol. The van der Waals surface area contributed by atoms with Crippen molar-refractivity contribution in [2.75, 3.05) is 13.2 Å². The van der Waals surface area contributed by atoms with E-state index in [9.17, 15) is 12.8 Å². The predicted octanol–water partition coefficient (Wildman–Crippen LogP) is 3.15. The zero-order valence-corrected chi connectivity index (χ0v) is 16.1. The zero-order valence-electron chi connectivity index (χ0n) is 15.3. The van der Waals surface area contributed by atoms with Crippen molar-refractivity contribution < 1.29 is 17.5 Å². The molecule has 1 aromatic carbocycles. The Morgan fingerprint density at radius 2 is 1.96 bits per heavy atom. The number of halogens is 1. The van der Waals surface area contributed by atoms with E-state index in [1.165, 1.54) is 43.5 Å². The first-order valence-electron chi connectivity index (χ1n) is 9.47. The van der Waals surface area contributed by atoms with E-state index in [0.717, 1.165) is 11.8 Å². The number of hydrogen-bond donors (Lipinski definition) is 1. The Balaban J connectivity index is 1.42.